The Hall–Kier alpha value is -4.91. The number of aliphatic hydroxyl groups excluding tert-OH is 1. The minimum Gasteiger partial charge on any atom is -0.440 e. The van der Waals surface area contributed by atoms with Crippen molar-refractivity contribution in [2.24, 2.45) is 4.52 Å². The minimum atomic E-state index is -3.87. The first-order valence-corrected chi connectivity index (χ1v) is 19.4. The number of hydrogen-bond donors (Lipinski definition) is 1. The van der Waals surface area contributed by atoms with E-state index in [2.05, 4.69) is 0 Å². The molecule has 0 fully saturated rings. The predicted molar refractivity (Wildman–Crippen MR) is 195 cm³/mol. The molecule has 1 N–H and O–H groups in total. The third-order valence-corrected chi connectivity index (χ3v) is 13.7. The van der Waals surface area contributed by atoms with Crippen molar-refractivity contribution >= 4 is 24.6 Å². The van der Waals surface area contributed by atoms with Crippen molar-refractivity contribution in [2.45, 2.75) is 6.61 Å². The van der Waals surface area contributed by atoms with Gasteiger partial charge in [-0.05, 0) is 66.7 Å². The highest BCUT2D eigenvalue weighted by atomic mass is 31.3. The number of hydrogen-bond acceptors (Lipinski definition) is 10. The molecule has 3 unspecified atom stereocenters. The molecule has 0 saturated carbocycles. The van der Waals surface area contributed by atoms with E-state index in [1.807, 2.05) is 164 Å². The van der Waals surface area contributed by atoms with Gasteiger partial charge in [-0.3, -0.25) is 0 Å². The monoisotopic (exact) mass is 723 g/mol. The Labute approximate surface area is 293 Å². The topological polar surface area (TPSA) is 94.5 Å². The van der Waals surface area contributed by atoms with E-state index in [4.69, 9.17) is 32.3 Å². The summed E-state index contributed by atoms with van der Waals surface area (Å²) in [5.41, 5.74) is 0.531. The van der Waals surface area contributed by atoms with Gasteiger partial charge in [-0.2, -0.15) is 0 Å². The molecule has 0 radical (unpaired) electrons. The van der Waals surface area contributed by atoms with Gasteiger partial charge in [0.15, 0.2) is 0 Å². The first-order valence-electron chi connectivity index (χ1n) is 15.6. The van der Waals surface area contributed by atoms with Gasteiger partial charge in [-0.15, -0.1) is 4.52 Å². The van der Waals surface area contributed by atoms with E-state index in [-0.39, 0.29) is 6.61 Å². The molecule has 0 amide bonds. The lowest BCUT2D eigenvalue weighted by Crippen LogP contribution is -2.37. The molecule has 0 aliphatic carbocycles. The molecule has 13 heteroatoms. The summed E-state index contributed by atoms with van der Waals surface area (Å²) in [6.45, 7) is -0.283. The molecule has 50 heavy (non-hydrogen) atoms. The molecule has 1 heterocycles. The lowest BCUT2D eigenvalue weighted by atomic mass is 10.2. The van der Waals surface area contributed by atoms with Crippen LogP contribution < -0.4 is 27.8 Å². The predicted octanol–water partition coefficient (Wildman–Crippen LogP) is 10.8. The van der Waals surface area contributed by atoms with E-state index in [1.165, 1.54) is 4.60 Å². The fraction of sp³-hybridized carbons (Fsp3) is 0.0270. The van der Waals surface area contributed by atoms with E-state index in [9.17, 15) is 5.11 Å². The van der Waals surface area contributed by atoms with Gasteiger partial charge in [-0.25, -0.2) is 0 Å². The van der Waals surface area contributed by atoms with Crippen LogP contribution in [0.1, 0.15) is 5.56 Å². The Bertz CT molecular complexity index is 2000. The van der Waals surface area contributed by atoms with Crippen LogP contribution in [0.5, 0.6) is 34.5 Å². The second kappa shape index (κ2) is 16.2. The van der Waals surface area contributed by atoms with Crippen LogP contribution >= 0.6 is 24.6 Å². The van der Waals surface area contributed by atoms with Gasteiger partial charge in [0.2, 0.25) is 0 Å². The highest BCUT2D eigenvalue weighted by molar-refractivity contribution is 7.78. The molecular weight excluding hydrogens is 691 g/mol. The fourth-order valence-corrected chi connectivity index (χ4v) is 12.1. The number of benzene rings is 6. The van der Waals surface area contributed by atoms with E-state index < -0.39 is 24.6 Å². The molecule has 10 nitrogen and oxygen atoms in total. The number of para-hydroxylation sites is 6. The van der Waals surface area contributed by atoms with Crippen LogP contribution in [0.3, 0.4) is 0 Å². The van der Waals surface area contributed by atoms with Crippen LogP contribution in [0.4, 0.5) is 0 Å². The van der Waals surface area contributed by atoms with Gasteiger partial charge in [0, 0.05) is 14.8 Å². The summed E-state index contributed by atoms with van der Waals surface area (Å²) in [4.78, 5) is 13.4. The Morgan fingerprint density at radius 3 is 1.52 bits per heavy atom. The van der Waals surface area contributed by atoms with Crippen LogP contribution in [-0.4, -0.2) is 14.3 Å². The lowest BCUT2D eigenvalue weighted by Gasteiger charge is -2.43. The molecule has 0 spiro atoms. The number of rotatable bonds is 13. The third-order valence-electron chi connectivity index (χ3n) is 6.89. The SMILES string of the molecule is OCc1ccccc1OP1(Oc2ccccc2)=NP(Oc2ccccc2)N(Oc2ccccc2)P(Oc2ccccc2)N1Oc1ccccc1. The molecule has 252 valence electrons. The van der Waals surface area contributed by atoms with Crippen LogP contribution in [0.25, 0.3) is 0 Å². The molecule has 1 aliphatic rings. The zero-order chi connectivity index (χ0) is 34.0. The standard InChI is InChI=1S/C37H32N3O7P3/c41-30-31-18-16-17-29-37(31)47-50(46-36-27-14-5-15-28-36)38-48(44-34-23-10-3-11-24-34)39(42-32-19-6-1-7-20-32)49(45-35-25-12-4-13-26-35)40(50)43-33-21-8-2-9-22-33/h1-29,41H,30H2. The average molecular weight is 724 g/mol. The summed E-state index contributed by atoms with van der Waals surface area (Å²) in [5.74, 6) is 2.90. The van der Waals surface area contributed by atoms with Crippen LogP contribution in [0, 0.1) is 0 Å². The second-order valence-electron chi connectivity index (χ2n) is 10.5. The van der Waals surface area contributed by atoms with Crippen molar-refractivity contribution in [1.29, 1.82) is 0 Å². The van der Waals surface area contributed by atoms with Crippen molar-refractivity contribution < 1.29 is 32.9 Å². The largest absolute Gasteiger partial charge is 0.447 e. The van der Waals surface area contributed by atoms with E-state index in [1.54, 1.807) is 16.7 Å². The molecule has 6 aromatic carbocycles. The second-order valence-corrected chi connectivity index (χ2v) is 16.0. The third kappa shape index (κ3) is 8.10. The zero-order valence-electron chi connectivity index (χ0n) is 26.5. The van der Waals surface area contributed by atoms with Gasteiger partial charge in [0.25, 0.3) is 0 Å². The van der Waals surface area contributed by atoms with Crippen molar-refractivity contribution in [2.75, 3.05) is 0 Å². The van der Waals surface area contributed by atoms with Crippen LogP contribution in [0.2, 0.25) is 0 Å². The molecule has 7 rings (SSSR count). The molecule has 0 bridgehead atoms. The maximum Gasteiger partial charge on any atom is 0.447 e. The molecular formula is C37H32N3O7P3. The highest BCUT2D eigenvalue weighted by Crippen LogP contribution is 2.77. The Kier molecular flexibility index (Phi) is 10.9. The molecule has 6 aromatic rings. The van der Waals surface area contributed by atoms with Crippen LogP contribution in [-0.2, 0) is 6.61 Å². The highest BCUT2D eigenvalue weighted by Gasteiger charge is 2.58. The van der Waals surface area contributed by atoms with Gasteiger partial charge >= 0.3 is 24.6 Å². The molecule has 1 aliphatic heterocycles. The Morgan fingerprint density at radius 1 is 0.500 bits per heavy atom. The molecule has 0 aromatic heterocycles. The quantitative estimate of drug-likeness (QED) is 0.117. The van der Waals surface area contributed by atoms with E-state index in [0.717, 1.165) is 0 Å². The van der Waals surface area contributed by atoms with E-state index in [0.29, 0.717) is 40.1 Å². The molecule has 0 saturated heterocycles. The van der Waals surface area contributed by atoms with Crippen molar-refractivity contribution in [3.8, 4) is 34.5 Å². The summed E-state index contributed by atoms with van der Waals surface area (Å²) in [7, 11) is -8.16. The first kappa shape index (κ1) is 33.6. The summed E-state index contributed by atoms with van der Waals surface area (Å²) >= 11 is 0. The first-order chi connectivity index (χ1) is 24.7. The lowest BCUT2D eigenvalue weighted by molar-refractivity contribution is 0.0544. The summed E-state index contributed by atoms with van der Waals surface area (Å²) in [6.07, 6.45) is 0. The fourth-order valence-electron chi connectivity index (χ4n) is 4.57. The smallest absolute Gasteiger partial charge is 0.440 e. The van der Waals surface area contributed by atoms with Crippen molar-refractivity contribution in [1.82, 2.24) is 9.21 Å². The van der Waals surface area contributed by atoms with Crippen LogP contribution in [0.15, 0.2) is 180 Å². The van der Waals surface area contributed by atoms with Crippen molar-refractivity contribution in [3.05, 3.63) is 181 Å². The maximum absolute atomic E-state index is 10.4. The Balaban J connectivity index is 1.48. The summed E-state index contributed by atoms with van der Waals surface area (Å²) < 4.78 is 35.7. The summed E-state index contributed by atoms with van der Waals surface area (Å²) in [6, 6.07) is 53.7. The normalized spacial score (nSPS) is 19.1. The van der Waals surface area contributed by atoms with Gasteiger partial charge in [0.1, 0.15) is 34.5 Å². The number of aliphatic hydroxyl groups is 1. The average Bonchev–Trinajstić information content (AvgIpc) is 3.17. The van der Waals surface area contributed by atoms with Gasteiger partial charge in [0.05, 0.1) is 6.61 Å². The van der Waals surface area contributed by atoms with Crippen molar-refractivity contribution in [3.63, 3.8) is 0 Å². The number of nitrogens with zero attached hydrogens (tertiary/aromatic N) is 3. The van der Waals surface area contributed by atoms with Gasteiger partial charge in [-0.1, -0.05) is 109 Å². The molecule has 3 atom stereocenters. The zero-order valence-corrected chi connectivity index (χ0v) is 29.2. The summed E-state index contributed by atoms with van der Waals surface area (Å²) in [5, 5.41) is 10.4. The Morgan fingerprint density at radius 2 is 0.960 bits per heavy atom. The maximum atomic E-state index is 10.4. The minimum absolute atomic E-state index is 0.283. The van der Waals surface area contributed by atoms with E-state index >= 15 is 0 Å². The van der Waals surface area contributed by atoms with Gasteiger partial charge < -0.3 is 32.9 Å².